The number of likely N-dealkylation sites (tertiary alicyclic amines) is 1. The Labute approximate surface area is 169 Å². The Kier molecular flexibility index (Phi) is 4.96. The predicted octanol–water partition coefficient (Wildman–Crippen LogP) is 0.387. The molecule has 0 bridgehead atoms. The second-order valence-corrected chi connectivity index (χ2v) is 8.04. The molecule has 3 aliphatic heterocycles. The van der Waals surface area contributed by atoms with Crippen LogP contribution < -0.4 is 10.6 Å². The minimum Gasteiger partial charge on any atom is -0.392 e. The first-order valence-electron chi connectivity index (χ1n) is 10.1. The van der Waals surface area contributed by atoms with Crippen LogP contribution in [-0.4, -0.2) is 60.1 Å². The minimum absolute atomic E-state index is 0.241. The molecule has 3 aliphatic rings. The lowest BCUT2D eigenvalue weighted by Crippen LogP contribution is -2.54. The number of aliphatic hydroxyl groups is 1. The lowest BCUT2D eigenvalue weighted by molar-refractivity contribution is -0.143. The van der Waals surface area contributed by atoms with Crippen molar-refractivity contribution in [3.63, 3.8) is 0 Å². The van der Waals surface area contributed by atoms with E-state index in [1.54, 1.807) is 14.0 Å². The quantitative estimate of drug-likeness (QED) is 0.470. The molecule has 3 N–H and O–H groups in total. The number of aryl methyl sites for hydroxylation is 1. The summed E-state index contributed by atoms with van der Waals surface area (Å²) in [5, 5.41) is 16.5. The van der Waals surface area contributed by atoms with Crippen molar-refractivity contribution in [1.29, 1.82) is 0 Å². The van der Waals surface area contributed by atoms with Crippen molar-refractivity contribution in [2.24, 2.45) is 11.8 Å². The first kappa shape index (κ1) is 20.0. The number of nitrogens with zero attached hydrogens (tertiary/aromatic N) is 1. The number of benzene rings is 1. The Balaban J connectivity index is 1.82. The molecule has 0 radical (unpaired) electrons. The van der Waals surface area contributed by atoms with E-state index in [1.807, 2.05) is 25.1 Å². The van der Waals surface area contributed by atoms with Gasteiger partial charge in [-0.2, -0.15) is 0 Å². The highest BCUT2D eigenvalue weighted by Crippen LogP contribution is 2.53. The third-order valence-corrected chi connectivity index (χ3v) is 6.49. The van der Waals surface area contributed by atoms with Gasteiger partial charge < -0.3 is 15.2 Å². The van der Waals surface area contributed by atoms with E-state index in [0.717, 1.165) is 12.0 Å². The number of carbonyl (C=O) groups is 3. The zero-order valence-corrected chi connectivity index (χ0v) is 16.9. The number of amides is 3. The number of methoxy groups -OCH3 is 1. The van der Waals surface area contributed by atoms with Gasteiger partial charge in [0.2, 0.25) is 17.7 Å². The number of para-hydroxylation sites is 1. The molecule has 3 unspecified atom stereocenters. The Morgan fingerprint density at radius 3 is 2.69 bits per heavy atom. The molecule has 29 heavy (non-hydrogen) atoms. The molecule has 8 heteroatoms. The van der Waals surface area contributed by atoms with Crippen molar-refractivity contribution in [2.75, 3.05) is 25.6 Å². The normalized spacial score (nSPS) is 31.4. The topological polar surface area (TPSA) is 108 Å². The Morgan fingerprint density at radius 1 is 1.28 bits per heavy atom. The van der Waals surface area contributed by atoms with Gasteiger partial charge in [0.05, 0.1) is 17.9 Å². The lowest BCUT2D eigenvalue weighted by Gasteiger charge is -2.30. The van der Waals surface area contributed by atoms with E-state index in [0.29, 0.717) is 24.3 Å². The number of hydrogen-bond acceptors (Lipinski definition) is 6. The number of nitrogens with one attached hydrogen (secondary N) is 2. The standard InChI is InChI=1S/C21H27N3O5/c1-4-12-7-5-8-13-17(12)22-20(28)21(13)15-14(16(23-21)11(2)25)18(26)24(19(15)27)9-6-10-29-3/h5,7-8,11,14-16,23,25H,4,6,9-10H2,1-3H3,(H,22,28)/t11?,14-,15-,16?,21?/m0/s1. The fourth-order valence-electron chi connectivity index (χ4n) is 5.18. The van der Waals surface area contributed by atoms with Gasteiger partial charge in [0.1, 0.15) is 5.54 Å². The number of hydrogen-bond donors (Lipinski definition) is 3. The zero-order chi connectivity index (χ0) is 20.9. The SMILES string of the molecule is CCc1cccc2c1NC(=O)C21NC(C(C)O)[C@H]2C(=O)N(CCCOC)C(=O)[C@H]21. The molecule has 156 valence electrons. The van der Waals surface area contributed by atoms with Crippen LogP contribution in [0.2, 0.25) is 0 Å². The van der Waals surface area contributed by atoms with Crippen LogP contribution in [0.3, 0.4) is 0 Å². The molecular weight excluding hydrogens is 374 g/mol. The van der Waals surface area contributed by atoms with Crippen LogP contribution in [0.5, 0.6) is 0 Å². The van der Waals surface area contributed by atoms with E-state index in [1.165, 1.54) is 4.90 Å². The van der Waals surface area contributed by atoms with Gasteiger partial charge in [-0.25, -0.2) is 0 Å². The molecule has 1 spiro atoms. The van der Waals surface area contributed by atoms with Gasteiger partial charge in [-0.05, 0) is 25.3 Å². The third-order valence-electron chi connectivity index (χ3n) is 6.49. The number of anilines is 1. The van der Waals surface area contributed by atoms with Crippen LogP contribution in [0.15, 0.2) is 18.2 Å². The van der Waals surface area contributed by atoms with E-state index in [2.05, 4.69) is 10.6 Å². The summed E-state index contributed by atoms with van der Waals surface area (Å²) in [6.07, 6.45) is 0.350. The summed E-state index contributed by atoms with van der Waals surface area (Å²) >= 11 is 0. The van der Waals surface area contributed by atoms with Crippen molar-refractivity contribution >= 4 is 23.4 Å². The molecule has 4 rings (SSSR count). The number of carbonyl (C=O) groups excluding carboxylic acids is 3. The number of imide groups is 1. The van der Waals surface area contributed by atoms with Crippen LogP contribution in [0.4, 0.5) is 5.69 Å². The van der Waals surface area contributed by atoms with Gasteiger partial charge in [0, 0.05) is 37.6 Å². The van der Waals surface area contributed by atoms with Crippen molar-refractivity contribution < 1.29 is 24.2 Å². The Bertz CT molecular complexity index is 870. The minimum atomic E-state index is -1.35. The van der Waals surface area contributed by atoms with Crippen LogP contribution in [0, 0.1) is 11.8 Å². The summed E-state index contributed by atoms with van der Waals surface area (Å²) < 4.78 is 5.04. The molecule has 3 heterocycles. The summed E-state index contributed by atoms with van der Waals surface area (Å²) in [5.41, 5.74) is 1.01. The maximum absolute atomic E-state index is 13.4. The van der Waals surface area contributed by atoms with Crippen molar-refractivity contribution in [3.05, 3.63) is 29.3 Å². The highest BCUT2D eigenvalue weighted by atomic mass is 16.5. The summed E-state index contributed by atoms with van der Waals surface area (Å²) in [5.74, 6) is -2.71. The van der Waals surface area contributed by atoms with Gasteiger partial charge >= 0.3 is 0 Å². The highest BCUT2D eigenvalue weighted by Gasteiger charge is 2.71. The van der Waals surface area contributed by atoms with Crippen molar-refractivity contribution in [2.45, 2.75) is 44.4 Å². The van der Waals surface area contributed by atoms with Crippen LogP contribution in [0.1, 0.15) is 31.4 Å². The summed E-state index contributed by atoms with van der Waals surface area (Å²) in [7, 11) is 1.57. The maximum Gasteiger partial charge on any atom is 0.250 e. The Hall–Kier alpha value is -2.29. The van der Waals surface area contributed by atoms with Crippen LogP contribution >= 0.6 is 0 Å². The number of aliphatic hydroxyl groups excluding tert-OH is 1. The summed E-state index contributed by atoms with van der Waals surface area (Å²) in [6, 6.07) is 4.94. The fraction of sp³-hybridized carbons (Fsp3) is 0.571. The van der Waals surface area contributed by atoms with Crippen molar-refractivity contribution in [3.8, 4) is 0 Å². The third kappa shape index (κ3) is 2.66. The first-order valence-corrected chi connectivity index (χ1v) is 10.1. The molecule has 3 amide bonds. The number of fused-ring (bicyclic) bond motifs is 4. The van der Waals surface area contributed by atoms with Crippen LogP contribution in [-0.2, 0) is 31.1 Å². The Morgan fingerprint density at radius 2 is 2.03 bits per heavy atom. The van der Waals surface area contributed by atoms with Gasteiger partial charge in [-0.15, -0.1) is 0 Å². The van der Waals surface area contributed by atoms with Gasteiger partial charge in [0.15, 0.2) is 0 Å². The van der Waals surface area contributed by atoms with E-state index < -0.39 is 29.5 Å². The molecule has 1 aromatic rings. The van der Waals surface area contributed by atoms with E-state index >= 15 is 0 Å². The average molecular weight is 401 g/mol. The number of rotatable bonds is 6. The lowest BCUT2D eigenvalue weighted by atomic mass is 9.76. The van der Waals surface area contributed by atoms with E-state index in [9.17, 15) is 19.5 Å². The summed E-state index contributed by atoms with van der Waals surface area (Å²) in [4.78, 5) is 41.1. The number of ether oxygens (including phenoxy) is 1. The average Bonchev–Trinajstić information content (AvgIpc) is 3.28. The first-order chi connectivity index (χ1) is 13.9. The monoisotopic (exact) mass is 401 g/mol. The zero-order valence-electron chi connectivity index (χ0n) is 16.9. The van der Waals surface area contributed by atoms with Gasteiger partial charge in [-0.3, -0.25) is 24.6 Å². The van der Waals surface area contributed by atoms with E-state index in [4.69, 9.17) is 4.74 Å². The molecule has 2 saturated heterocycles. The molecular formula is C21H27N3O5. The molecule has 0 saturated carbocycles. The molecule has 0 aromatic heterocycles. The van der Waals surface area contributed by atoms with Crippen molar-refractivity contribution in [1.82, 2.24) is 10.2 Å². The fourth-order valence-corrected chi connectivity index (χ4v) is 5.18. The van der Waals surface area contributed by atoms with Gasteiger partial charge in [0.25, 0.3) is 0 Å². The second-order valence-electron chi connectivity index (χ2n) is 8.04. The molecule has 5 atom stereocenters. The predicted molar refractivity (Wildman–Crippen MR) is 105 cm³/mol. The molecule has 0 aliphatic carbocycles. The van der Waals surface area contributed by atoms with Crippen LogP contribution in [0.25, 0.3) is 0 Å². The highest BCUT2D eigenvalue weighted by molar-refractivity contribution is 6.15. The largest absolute Gasteiger partial charge is 0.392 e. The molecule has 1 aromatic carbocycles. The maximum atomic E-state index is 13.4. The smallest absolute Gasteiger partial charge is 0.250 e. The second kappa shape index (κ2) is 7.19. The molecule has 8 nitrogen and oxygen atoms in total. The summed E-state index contributed by atoms with van der Waals surface area (Å²) in [6.45, 7) is 4.25. The van der Waals surface area contributed by atoms with E-state index in [-0.39, 0.29) is 24.3 Å². The molecule has 2 fully saturated rings. The van der Waals surface area contributed by atoms with Gasteiger partial charge in [-0.1, -0.05) is 25.1 Å².